The molecule has 0 spiro atoms. The van der Waals surface area contributed by atoms with Gasteiger partial charge in [-0.25, -0.2) is 0 Å². The molecule has 2 aromatic rings. The number of carbonyl (C=O) groups excluding carboxylic acids is 3. The molecule has 6 heteroatoms. The normalized spacial score (nSPS) is 10.0. The molecule has 3 amide bonds. The van der Waals surface area contributed by atoms with E-state index in [4.69, 9.17) is 0 Å². The summed E-state index contributed by atoms with van der Waals surface area (Å²) in [6, 6.07) is 14.2. The molecule has 0 aliphatic carbocycles. The Kier molecular flexibility index (Phi) is 6.28. The summed E-state index contributed by atoms with van der Waals surface area (Å²) < 4.78 is 0. The molecule has 0 radical (unpaired) electrons. The Morgan fingerprint density at radius 2 is 1.48 bits per heavy atom. The van der Waals surface area contributed by atoms with Gasteiger partial charge in [-0.1, -0.05) is 24.3 Å². The van der Waals surface area contributed by atoms with E-state index >= 15 is 0 Å². The zero-order chi connectivity index (χ0) is 18.2. The summed E-state index contributed by atoms with van der Waals surface area (Å²) in [6.07, 6.45) is 0.261. The number of carbonyl (C=O) groups is 3. The fourth-order valence-corrected chi connectivity index (χ4v) is 2.28. The van der Waals surface area contributed by atoms with Crippen molar-refractivity contribution < 1.29 is 14.4 Å². The molecule has 0 aliphatic rings. The second kappa shape index (κ2) is 8.63. The quantitative estimate of drug-likeness (QED) is 0.751. The number of hydrogen-bond acceptors (Lipinski definition) is 3. The standard InChI is InChI=1S/C19H21N3O3/c1-13(23)22-17-9-5-14(6-10-17)11-18(24)21-12-15-3-7-16(8-4-15)19(25)20-2/h3-10H,11-12H2,1-2H3,(H,20,25)(H,21,24)(H,22,23). The van der Waals surface area contributed by atoms with Crippen molar-refractivity contribution in [3.63, 3.8) is 0 Å². The van der Waals surface area contributed by atoms with Gasteiger partial charge in [0.2, 0.25) is 11.8 Å². The molecule has 2 rings (SSSR count). The van der Waals surface area contributed by atoms with E-state index in [1.54, 1.807) is 31.3 Å². The van der Waals surface area contributed by atoms with Gasteiger partial charge < -0.3 is 16.0 Å². The third-order valence-electron chi connectivity index (χ3n) is 3.57. The van der Waals surface area contributed by atoms with E-state index in [0.717, 1.165) is 11.1 Å². The molecule has 6 nitrogen and oxygen atoms in total. The van der Waals surface area contributed by atoms with Crippen molar-refractivity contribution in [2.75, 3.05) is 12.4 Å². The SMILES string of the molecule is CNC(=O)c1ccc(CNC(=O)Cc2ccc(NC(C)=O)cc2)cc1. The lowest BCUT2D eigenvalue weighted by atomic mass is 10.1. The van der Waals surface area contributed by atoms with Crippen molar-refractivity contribution in [1.29, 1.82) is 0 Å². The van der Waals surface area contributed by atoms with Gasteiger partial charge in [-0.15, -0.1) is 0 Å². The molecular formula is C19H21N3O3. The summed E-state index contributed by atoms with van der Waals surface area (Å²) in [4.78, 5) is 34.5. The zero-order valence-corrected chi connectivity index (χ0v) is 14.3. The van der Waals surface area contributed by atoms with Gasteiger partial charge in [0.1, 0.15) is 0 Å². The first kappa shape index (κ1) is 18.2. The van der Waals surface area contributed by atoms with Gasteiger partial charge in [0, 0.05) is 31.8 Å². The van der Waals surface area contributed by atoms with Gasteiger partial charge >= 0.3 is 0 Å². The molecule has 2 aromatic carbocycles. The van der Waals surface area contributed by atoms with Crippen LogP contribution in [0.2, 0.25) is 0 Å². The van der Waals surface area contributed by atoms with Gasteiger partial charge in [0.25, 0.3) is 5.91 Å². The minimum atomic E-state index is -0.140. The van der Waals surface area contributed by atoms with E-state index in [2.05, 4.69) is 16.0 Å². The van der Waals surface area contributed by atoms with E-state index in [0.29, 0.717) is 17.8 Å². The van der Waals surface area contributed by atoms with Gasteiger partial charge in [0.05, 0.1) is 6.42 Å². The maximum atomic E-state index is 12.0. The predicted octanol–water partition coefficient (Wildman–Crippen LogP) is 1.86. The Balaban J connectivity index is 1.84. The number of rotatable bonds is 6. The third kappa shape index (κ3) is 5.76. The molecule has 0 saturated heterocycles. The maximum Gasteiger partial charge on any atom is 0.251 e. The van der Waals surface area contributed by atoms with Crippen LogP contribution >= 0.6 is 0 Å². The summed E-state index contributed by atoms with van der Waals surface area (Å²) in [6.45, 7) is 1.85. The van der Waals surface area contributed by atoms with Crippen LogP contribution in [0.4, 0.5) is 5.69 Å². The number of hydrogen-bond donors (Lipinski definition) is 3. The molecule has 25 heavy (non-hydrogen) atoms. The molecule has 0 atom stereocenters. The highest BCUT2D eigenvalue weighted by atomic mass is 16.2. The Labute approximate surface area is 146 Å². The summed E-state index contributed by atoms with van der Waals surface area (Å²) in [5.74, 6) is -0.367. The first-order chi connectivity index (χ1) is 12.0. The fraction of sp³-hybridized carbons (Fsp3) is 0.211. The van der Waals surface area contributed by atoms with Crippen molar-refractivity contribution >= 4 is 23.4 Å². The smallest absolute Gasteiger partial charge is 0.251 e. The molecule has 0 aromatic heterocycles. The van der Waals surface area contributed by atoms with Crippen LogP contribution in [0.1, 0.15) is 28.4 Å². The Morgan fingerprint density at radius 3 is 2.04 bits per heavy atom. The Hall–Kier alpha value is -3.15. The van der Waals surface area contributed by atoms with Crippen LogP contribution in [-0.4, -0.2) is 24.8 Å². The average Bonchev–Trinajstić information content (AvgIpc) is 2.61. The van der Waals surface area contributed by atoms with Gasteiger partial charge in [-0.3, -0.25) is 14.4 Å². The Morgan fingerprint density at radius 1 is 0.880 bits per heavy atom. The van der Waals surface area contributed by atoms with Crippen LogP contribution in [0.25, 0.3) is 0 Å². The minimum Gasteiger partial charge on any atom is -0.355 e. The van der Waals surface area contributed by atoms with E-state index in [-0.39, 0.29) is 24.1 Å². The highest BCUT2D eigenvalue weighted by molar-refractivity contribution is 5.94. The van der Waals surface area contributed by atoms with Crippen molar-refractivity contribution in [2.24, 2.45) is 0 Å². The third-order valence-corrected chi connectivity index (χ3v) is 3.57. The van der Waals surface area contributed by atoms with E-state index < -0.39 is 0 Å². The maximum absolute atomic E-state index is 12.0. The summed E-state index contributed by atoms with van der Waals surface area (Å²) in [5, 5.41) is 8.09. The first-order valence-corrected chi connectivity index (χ1v) is 7.92. The zero-order valence-electron chi connectivity index (χ0n) is 14.3. The van der Waals surface area contributed by atoms with E-state index in [1.807, 2.05) is 24.3 Å². The molecule has 0 aliphatic heterocycles. The molecule has 0 heterocycles. The fourth-order valence-electron chi connectivity index (χ4n) is 2.28. The minimum absolute atomic E-state index is 0.0948. The lowest BCUT2D eigenvalue weighted by Gasteiger charge is -2.07. The van der Waals surface area contributed by atoms with Crippen molar-refractivity contribution in [1.82, 2.24) is 10.6 Å². The second-order valence-electron chi connectivity index (χ2n) is 5.61. The van der Waals surface area contributed by atoms with E-state index in [9.17, 15) is 14.4 Å². The molecular weight excluding hydrogens is 318 g/mol. The van der Waals surface area contributed by atoms with Crippen molar-refractivity contribution in [3.8, 4) is 0 Å². The van der Waals surface area contributed by atoms with Crippen molar-refractivity contribution in [2.45, 2.75) is 19.9 Å². The molecule has 130 valence electrons. The van der Waals surface area contributed by atoms with Crippen molar-refractivity contribution in [3.05, 3.63) is 65.2 Å². The highest BCUT2D eigenvalue weighted by Crippen LogP contribution is 2.10. The first-order valence-electron chi connectivity index (χ1n) is 7.92. The molecule has 0 bridgehead atoms. The van der Waals surface area contributed by atoms with Gasteiger partial charge in [-0.2, -0.15) is 0 Å². The number of amides is 3. The van der Waals surface area contributed by atoms with Crippen LogP contribution in [0.5, 0.6) is 0 Å². The lowest BCUT2D eigenvalue weighted by Crippen LogP contribution is -2.24. The average molecular weight is 339 g/mol. The summed E-state index contributed by atoms with van der Waals surface area (Å²) in [7, 11) is 1.58. The monoisotopic (exact) mass is 339 g/mol. The van der Waals surface area contributed by atoms with Crippen LogP contribution < -0.4 is 16.0 Å². The lowest BCUT2D eigenvalue weighted by molar-refractivity contribution is -0.120. The molecule has 3 N–H and O–H groups in total. The van der Waals surface area contributed by atoms with Gasteiger partial charge in [0.15, 0.2) is 0 Å². The summed E-state index contributed by atoms with van der Waals surface area (Å²) in [5.41, 5.74) is 3.06. The highest BCUT2D eigenvalue weighted by Gasteiger charge is 2.06. The summed E-state index contributed by atoms with van der Waals surface area (Å²) >= 11 is 0. The largest absolute Gasteiger partial charge is 0.355 e. The topological polar surface area (TPSA) is 87.3 Å². The number of nitrogens with one attached hydrogen (secondary N) is 3. The molecule has 0 unspecified atom stereocenters. The van der Waals surface area contributed by atoms with Crippen LogP contribution in [0.3, 0.4) is 0 Å². The van der Waals surface area contributed by atoms with Gasteiger partial charge in [-0.05, 0) is 35.4 Å². The Bertz CT molecular complexity index is 752. The number of benzene rings is 2. The second-order valence-corrected chi connectivity index (χ2v) is 5.61. The van der Waals surface area contributed by atoms with E-state index in [1.165, 1.54) is 6.92 Å². The van der Waals surface area contributed by atoms with Crippen LogP contribution in [0.15, 0.2) is 48.5 Å². The molecule has 0 fully saturated rings. The van der Waals surface area contributed by atoms with Crippen LogP contribution in [0, 0.1) is 0 Å². The predicted molar refractivity (Wildman–Crippen MR) is 96.1 cm³/mol. The molecule has 0 saturated carbocycles. The van der Waals surface area contributed by atoms with Crippen LogP contribution in [-0.2, 0) is 22.6 Å². The number of anilines is 1.